The van der Waals surface area contributed by atoms with Crippen molar-refractivity contribution in [2.24, 2.45) is 0 Å². The highest BCUT2D eigenvalue weighted by Crippen LogP contribution is 2.33. The average Bonchev–Trinajstić information content (AvgIpc) is 2.81. The molecule has 1 amide bonds. The van der Waals surface area contributed by atoms with Crippen molar-refractivity contribution in [3.05, 3.63) is 45.9 Å². The maximum atomic E-state index is 12.4. The fourth-order valence-electron chi connectivity index (χ4n) is 2.00. The second-order valence-electron chi connectivity index (χ2n) is 4.48. The van der Waals surface area contributed by atoms with Crippen LogP contribution in [0, 0.1) is 6.92 Å². The SMILES string of the molecule is Cc1cccc(Cl)c1NC(=O)c1sc2nnccc2c1N. The number of anilines is 2. The van der Waals surface area contributed by atoms with Crippen molar-refractivity contribution in [1.82, 2.24) is 10.2 Å². The number of carbonyl (C=O) groups excluding carboxylic acids is 1. The number of hydrogen-bond donors (Lipinski definition) is 2. The molecule has 3 N–H and O–H groups in total. The summed E-state index contributed by atoms with van der Waals surface area (Å²) in [7, 11) is 0. The molecule has 0 aliphatic rings. The van der Waals surface area contributed by atoms with Crippen molar-refractivity contribution < 1.29 is 4.79 Å². The number of nitrogens with two attached hydrogens (primary N) is 1. The monoisotopic (exact) mass is 318 g/mol. The molecule has 2 aromatic heterocycles. The van der Waals surface area contributed by atoms with Crippen LogP contribution in [0.3, 0.4) is 0 Å². The minimum Gasteiger partial charge on any atom is -0.397 e. The zero-order chi connectivity index (χ0) is 15.0. The average molecular weight is 319 g/mol. The Balaban J connectivity index is 2.00. The Kier molecular flexibility index (Phi) is 3.48. The van der Waals surface area contributed by atoms with E-state index in [0.29, 0.717) is 26.1 Å². The van der Waals surface area contributed by atoms with Crippen LogP contribution in [-0.2, 0) is 0 Å². The maximum absolute atomic E-state index is 12.4. The zero-order valence-electron chi connectivity index (χ0n) is 11.1. The Morgan fingerprint density at radius 3 is 2.90 bits per heavy atom. The summed E-state index contributed by atoms with van der Waals surface area (Å²) >= 11 is 7.32. The van der Waals surface area contributed by atoms with Gasteiger partial charge in [0.2, 0.25) is 0 Å². The number of rotatable bonds is 2. The summed E-state index contributed by atoms with van der Waals surface area (Å²) in [6, 6.07) is 7.17. The molecular formula is C14H11ClN4OS. The van der Waals surface area contributed by atoms with E-state index in [9.17, 15) is 4.79 Å². The van der Waals surface area contributed by atoms with E-state index in [1.165, 1.54) is 11.3 Å². The Morgan fingerprint density at radius 1 is 1.38 bits per heavy atom. The van der Waals surface area contributed by atoms with Gasteiger partial charge in [-0.3, -0.25) is 4.79 Å². The number of nitrogens with one attached hydrogen (secondary N) is 1. The number of aromatic nitrogens is 2. The fourth-order valence-corrected chi connectivity index (χ4v) is 3.20. The van der Waals surface area contributed by atoms with Crippen LogP contribution < -0.4 is 11.1 Å². The normalized spacial score (nSPS) is 10.8. The highest BCUT2D eigenvalue weighted by Gasteiger charge is 2.18. The van der Waals surface area contributed by atoms with Gasteiger partial charge in [0.1, 0.15) is 9.71 Å². The van der Waals surface area contributed by atoms with Gasteiger partial charge in [0, 0.05) is 5.39 Å². The lowest BCUT2D eigenvalue weighted by Crippen LogP contribution is -2.13. The van der Waals surface area contributed by atoms with E-state index in [2.05, 4.69) is 15.5 Å². The minimum absolute atomic E-state index is 0.299. The van der Waals surface area contributed by atoms with Crippen molar-refractivity contribution in [3.63, 3.8) is 0 Å². The van der Waals surface area contributed by atoms with Crippen LogP contribution in [0.25, 0.3) is 10.2 Å². The molecule has 0 atom stereocenters. The molecule has 0 aliphatic heterocycles. The van der Waals surface area contributed by atoms with Crippen LogP contribution in [0.2, 0.25) is 5.02 Å². The maximum Gasteiger partial charge on any atom is 0.268 e. The molecule has 0 saturated heterocycles. The molecule has 21 heavy (non-hydrogen) atoms. The third-order valence-corrected chi connectivity index (χ3v) is 4.51. The summed E-state index contributed by atoms with van der Waals surface area (Å²) in [5, 5.41) is 11.8. The first-order valence-electron chi connectivity index (χ1n) is 6.14. The highest BCUT2D eigenvalue weighted by molar-refractivity contribution is 7.21. The van der Waals surface area contributed by atoms with Gasteiger partial charge in [0.05, 0.1) is 22.6 Å². The molecule has 106 valence electrons. The Bertz CT molecular complexity index is 826. The van der Waals surface area contributed by atoms with Crippen LogP contribution in [0.1, 0.15) is 15.2 Å². The van der Waals surface area contributed by atoms with Crippen LogP contribution >= 0.6 is 22.9 Å². The molecule has 3 aromatic rings. The van der Waals surface area contributed by atoms with Crippen LogP contribution in [0.15, 0.2) is 30.5 Å². The smallest absolute Gasteiger partial charge is 0.268 e. The number of amides is 1. The molecule has 0 radical (unpaired) electrons. The molecule has 2 heterocycles. The highest BCUT2D eigenvalue weighted by atomic mass is 35.5. The molecule has 0 fully saturated rings. The largest absolute Gasteiger partial charge is 0.397 e. The third-order valence-electron chi connectivity index (χ3n) is 3.09. The van der Waals surface area contributed by atoms with Gasteiger partial charge in [-0.05, 0) is 24.6 Å². The minimum atomic E-state index is -0.299. The van der Waals surface area contributed by atoms with Crippen molar-refractivity contribution >= 4 is 50.4 Å². The summed E-state index contributed by atoms with van der Waals surface area (Å²) in [6.45, 7) is 1.88. The topological polar surface area (TPSA) is 80.9 Å². The van der Waals surface area contributed by atoms with Gasteiger partial charge < -0.3 is 11.1 Å². The zero-order valence-corrected chi connectivity index (χ0v) is 12.6. The molecule has 3 rings (SSSR count). The number of benzene rings is 1. The van der Waals surface area contributed by atoms with Crippen molar-refractivity contribution in [1.29, 1.82) is 0 Å². The summed E-state index contributed by atoms with van der Waals surface area (Å²) in [5.41, 5.74) is 7.90. The molecule has 5 nitrogen and oxygen atoms in total. The second-order valence-corrected chi connectivity index (χ2v) is 5.89. The summed E-state index contributed by atoms with van der Waals surface area (Å²) in [6.07, 6.45) is 1.55. The first kappa shape index (κ1) is 13.8. The number of nitrogens with zero attached hydrogens (tertiary/aromatic N) is 2. The van der Waals surface area contributed by atoms with Crippen LogP contribution in [-0.4, -0.2) is 16.1 Å². The quantitative estimate of drug-likeness (QED) is 0.758. The van der Waals surface area contributed by atoms with E-state index in [-0.39, 0.29) is 5.91 Å². The van der Waals surface area contributed by atoms with Gasteiger partial charge in [-0.15, -0.1) is 16.4 Å². The first-order valence-corrected chi connectivity index (χ1v) is 7.33. The summed E-state index contributed by atoms with van der Waals surface area (Å²) < 4.78 is 0. The van der Waals surface area contributed by atoms with Crippen molar-refractivity contribution in [2.75, 3.05) is 11.1 Å². The standard InChI is InChI=1S/C14H11ClN4OS/c1-7-3-2-4-9(15)11(7)18-13(20)12-10(16)8-5-6-17-19-14(8)21-12/h2-6H,16H2,1H3,(H,18,20). The number of hydrogen-bond acceptors (Lipinski definition) is 5. The number of fused-ring (bicyclic) bond motifs is 1. The Labute approximate surface area is 129 Å². The van der Waals surface area contributed by atoms with E-state index < -0.39 is 0 Å². The van der Waals surface area contributed by atoms with E-state index in [0.717, 1.165) is 10.9 Å². The molecule has 0 saturated carbocycles. The molecular weight excluding hydrogens is 308 g/mol. The summed E-state index contributed by atoms with van der Waals surface area (Å²) in [4.78, 5) is 13.5. The van der Waals surface area contributed by atoms with Crippen LogP contribution in [0.5, 0.6) is 0 Å². The van der Waals surface area contributed by atoms with E-state index in [1.54, 1.807) is 18.3 Å². The number of thiophene rings is 1. The Morgan fingerprint density at radius 2 is 2.19 bits per heavy atom. The van der Waals surface area contributed by atoms with Gasteiger partial charge in [0.15, 0.2) is 0 Å². The fraction of sp³-hybridized carbons (Fsp3) is 0.0714. The van der Waals surface area contributed by atoms with Gasteiger partial charge in [-0.25, -0.2) is 0 Å². The lowest BCUT2D eigenvalue weighted by Gasteiger charge is -2.09. The molecule has 0 aliphatic carbocycles. The molecule has 1 aromatic carbocycles. The number of para-hydroxylation sites is 1. The van der Waals surface area contributed by atoms with Gasteiger partial charge in [-0.2, -0.15) is 5.10 Å². The van der Waals surface area contributed by atoms with Gasteiger partial charge in [-0.1, -0.05) is 23.7 Å². The summed E-state index contributed by atoms with van der Waals surface area (Å²) in [5.74, 6) is -0.299. The lowest BCUT2D eigenvalue weighted by atomic mass is 10.2. The molecule has 0 bridgehead atoms. The van der Waals surface area contributed by atoms with Crippen molar-refractivity contribution in [2.45, 2.75) is 6.92 Å². The van der Waals surface area contributed by atoms with Crippen molar-refractivity contribution in [3.8, 4) is 0 Å². The first-order chi connectivity index (χ1) is 10.1. The lowest BCUT2D eigenvalue weighted by molar-refractivity contribution is 0.103. The number of carbonyl (C=O) groups is 1. The molecule has 0 unspecified atom stereocenters. The van der Waals surface area contributed by atoms with Crippen LogP contribution in [0.4, 0.5) is 11.4 Å². The predicted molar refractivity (Wildman–Crippen MR) is 86.0 cm³/mol. The molecule has 0 spiro atoms. The van der Waals surface area contributed by atoms with Gasteiger partial charge in [0.25, 0.3) is 5.91 Å². The number of aryl methyl sites for hydroxylation is 1. The third kappa shape index (κ3) is 2.43. The predicted octanol–water partition coefficient (Wildman–Crippen LogP) is 3.49. The van der Waals surface area contributed by atoms with E-state index in [4.69, 9.17) is 17.3 Å². The van der Waals surface area contributed by atoms with E-state index in [1.807, 2.05) is 19.1 Å². The Hall–Kier alpha value is -2.18. The molecule has 7 heteroatoms. The second kappa shape index (κ2) is 5.31. The number of halogens is 1. The number of nitrogen functional groups attached to an aromatic ring is 1. The van der Waals surface area contributed by atoms with Gasteiger partial charge >= 0.3 is 0 Å². The van der Waals surface area contributed by atoms with E-state index >= 15 is 0 Å².